The van der Waals surface area contributed by atoms with E-state index in [2.05, 4.69) is 40.3 Å². The number of H-pyrrole nitrogens is 1. The fourth-order valence-corrected chi connectivity index (χ4v) is 3.28. The zero-order valence-electron chi connectivity index (χ0n) is 14.9. The van der Waals surface area contributed by atoms with Crippen LogP contribution in [0.2, 0.25) is 0 Å². The van der Waals surface area contributed by atoms with E-state index in [1.165, 1.54) is 10.5 Å². The number of hydrogen-bond acceptors (Lipinski definition) is 2. The minimum absolute atomic E-state index is 0.150. The van der Waals surface area contributed by atoms with Crippen LogP contribution in [0.15, 0.2) is 54.7 Å². The minimum atomic E-state index is 0.150. The Kier molecular flexibility index (Phi) is 6.01. The Labute approximate surface area is 149 Å². The summed E-state index contributed by atoms with van der Waals surface area (Å²) in [6.07, 6.45) is 1.95. The van der Waals surface area contributed by atoms with Gasteiger partial charge in [-0.05, 0) is 17.5 Å². The number of quaternary nitrogens is 1. The third kappa shape index (κ3) is 5.03. The lowest BCUT2D eigenvalue weighted by Crippen LogP contribution is -3.16. The number of carbonyl (C=O) groups is 1. The highest BCUT2D eigenvalue weighted by molar-refractivity contribution is 5.76. The molecule has 2 aromatic rings. The normalized spacial score (nSPS) is 16.4. The number of nitrogens with zero attached hydrogens (tertiary/aromatic N) is 1. The van der Waals surface area contributed by atoms with Crippen molar-refractivity contribution in [3.8, 4) is 0 Å². The van der Waals surface area contributed by atoms with Gasteiger partial charge in [-0.25, -0.2) is 4.98 Å². The number of piperazine rings is 1. The van der Waals surface area contributed by atoms with Crippen molar-refractivity contribution in [2.45, 2.75) is 12.8 Å². The molecule has 132 valence electrons. The van der Waals surface area contributed by atoms with Crippen LogP contribution in [0.3, 0.4) is 0 Å². The summed E-state index contributed by atoms with van der Waals surface area (Å²) >= 11 is 0. The molecule has 0 aliphatic carbocycles. The van der Waals surface area contributed by atoms with Crippen LogP contribution in [-0.2, 0) is 4.79 Å². The predicted molar refractivity (Wildman–Crippen MR) is 98.6 cm³/mol. The van der Waals surface area contributed by atoms with Gasteiger partial charge < -0.3 is 10.2 Å². The van der Waals surface area contributed by atoms with Crippen LogP contribution < -0.4 is 20.1 Å². The number of carbonyl (C=O) groups excluding carboxylic acids is 1. The van der Waals surface area contributed by atoms with Gasteiger partial charge in [-0.15, -0.1) is 0 Å². The molecular weight excluding hydrogens is 312 g/mol. The molecule has 5 heteroatoms. The summed E-state index contributed by atoms with van der Waals surface area (Å²) in [6, 6.07) is 16.5. The van der Waals surface area contributed by atoms with E-state index in [0.717, 1.165) is 32.0 Å². The number of aromatic amines is 1. The van der Waals surface area contributed by atoms with Gasteiger partial charge in [-0.3, -0.25) is 9.69 Å². The summed E-state index contributed by atoms with van der Waals surface area (Å²) in [7, 11) is 0. The second kappa shape index (κ2) is 8.62. The molecule has 3 N–H and O–H groups in total. The summed E-state index contributed by atoms with van der Waals surface area (Å²) in [5.74, 6) is 1.64. The van der Waals surface area contributed by atoms with Crippen LogP contribution in [0, 0.1) is 0 Å². The van der Waals surface area contributed by atoms with Crippen molar-refractivity contribution >= 4 is 11.7 Å². The standard InChI is InChI=1S/C20H26N4O/c1-17(18-7-3-2-4-8-18)15-22-20(25)16-23-11-13-24(14-12-23)19-9-5-6-10-21-19/h2-10,17H,11-16H2,1H3,(H,22,25)/p+2/t17-/m1/s1. The molecule has 0 saturated carbocycles. The van der Waals surface area contributed by atoms with Crippen LogP contribution >= 0.6 is 0 Å². The lowest BCUT2D eigenvalue weighted by Gasteiger charge is -2.28. The first-order chi connectivity index (χ1) is 12.2. The van der Waals surface area contributed by atoms with E-state index in [-0.39, 0.29) is 5.91 Å². The third-order valence-corrected chi connectivity index (χ3v) is 4.89. The van der Waals surface area contributed by atoms with Gasteiger partial charge in [0.25, 0.3) is 11.7 Å². The molecule has 25 heavy (non-hydrogen) atoms. The number of pyridine rings is 1. The number of benzene rings is 1. The molecule has 0 bridgehead atoms. The largest absolute Gasteiger partial charge is 0.351 e. The number of rotatable bonds is 6. The predicted octanol–water partition coefficient (Wildman–Crippen LogP) is 0.126. The summed E-state index contributed by atoms with van der Waals surface area (Å²) in [5, 5.41) is 3.09. The maximum Gasteiger partial charge on any atom is 0.275 e. The molecular formula is C20H28N4O+2. The van der Waals surface area contributed by atoms with Gasteiger partial charge in [0.05, 0.1) is 6.20 Å². The molecule has 1 aliphatic rings. The Morgan fingerprint density at radius 3 is 2.56 bits per heavy atom. The summed E-state index contributed by atoms with van der Waals surface area (Å²) in [5.41, 5.74) is 1.27. The quantitative estimate of drug-likeness (QED) is 0.785. The van der Waals surface area contributed by atoms with Crippen LogP contribution in [0.25, 0.3) is 0 Å². The van der Waals surface area contributed by atoms with E-state index in [0.29, 0.717) is 19.0 Å². The van der Waals surface area contributed by atoms with Gasteiger partial charge in [0.1, 0.15) is 26.2 Å². The highest BCUT2D eigenvalue weighted by atomic mass is 16.2. The van der Waals surface area contributed by atoms with Crippen molar-refractivity contribution in [2.75, 3.05) is 44.2 Å². The van der Waals surface area contributed by atoms with Crippen molar-refractivity contribution in [3.63, 3.8) is 0 Å². The molecule has 0 spiro atoms. The fraction of sp³-hybridized carbons (Fsp3) is 0.400. The first-order valence-electron chi connectivity index (χ1n) is 9.09. The lowest BCUT2D eigenvalue weighted by molar-refractivity contribution is -0.892. The van der Waals surface area contributed by atoms with Crippen molar-refractivity contribution in [2.24, 2.45) is 0 Å². The molecule has 0 unspecified atom stereocenters. The first-order valence-corrected chi connectivity index (χ1v) is 9.09. The van der Waals surface area contributed by atoms with Gasteiger partial charge in [-0.1, -0.05) is 43.3 Å². The molecule has 1 fully saturated rings. The van der Waals surface area contributed by atoms with Gasteiger partial charge in [0.2, 0.25) is 0 Å². The smallest absolute Gasteiger partial charge is 0.275 e. The van der Waals surface area contributed by atoms with E-state index < -0.39 is 0 Å². The second-order valence-electron chi connectivity index (χ2n) is 6.78. The average molecular weight is 340 g/mol. The van der Waals surface area contributed by atoms with Gasteiger partial charge in [-0.2, -0.15) is 0 Å². The van der Waals surface area contributed by atoms with Crippen molar-refractivity contribution < 1.29 is 14.7 Å². The molecule has 0 radical (unpaired) electrons. The van der Waals surface area contributed by atoms with Crippen molar-refractivity contribution in [1.82, 2.24) is 5.32 Å². The Morgan fingerprint density at radius 1 is 1.16 bits per heavy atom. The number of anilines is 1. The van der Waals surface area contributed by atoms with Crippen molar-refractivity contribution in [1.29, 1.82) is 0 Å². The molecule has 3 rings (SSSR count). The van der Waals surface area contributed by atoms with E-state index >= 15 is 0 Å². The molecule has 2 heterocycles. The summed E-state index contributed by atoms with van der Waals surface area (Å²) in [4.78, 5) is 19.2. The molecule has 1 atom stereocenters. The SMILES string of the molecule is C[C@H](CNC(=O)C[NH+]1CCN(c2cccc[nH+]2)CC1)c1ccccc1. The molecule has 1 saturated heterocycles. The number of hydrogen-bond donors (Lipinski definition) is 2. The maximum absolute atomic E-state index is 12.2. The van der Waals surface area contributed by atoms with Gasteiger partial charge in [0, 0.05) is 12.6 Å². The maximum atomic E-state index is 12.2. The molecule has 1 aliphatic heterocycles. The van der Waals surface area contributed by atoms with Crippen LogP contribution in [0.1, 0.15) is 18.4 Å². The highest BCUT2D eigenvalue weighted by Crippen LogP contribution is 2.12. The fourth-order valence-electron chi connectivity index (χ4n) is 3.28. The van der Waals surface area contributed by atoms with E-state index in [9.17, 15) is 4.79 Å². The Hall–Kier alpha value is -2.40. The van der Waals surface area contributed by atoms with Gasteiger partial charge in [0.15, 0.2) is 6.54 Å². The third-order valence-electron chi connectivity index (χ3n) is 4.89. The first kappa shape index (κ1) is 17.4. The van der Waals surface area contributed by atoms with Crippen molar-refractivity contribution in [3.05, 3.63) is 60.3 Å². The van der Waals surface area contributed by atoms with Crippen LogP contribution in [0.4, 0.5) is 5.82 Å². The lowest BCUT2D eigenvalue weighted by atomic mass is 10.0. The number of nitrogens with one attached hydrogen (secondary N) is 3. The van der Waals surface area contributed by atoms with E-state index in [4.69, 9.17) is 0 Å². The molecule has 1 aromatic heterocycles. The Balaban J connectivity index is 1.39. The van der Waals surface area contributed by atoms with E-state index in [1.54, 1.807) is 0 Å². The summed E-state index contributed by atoms with van der Waals surface area (Å²) < 4.78 is 0. The number of aromatic nitrogens is 1. The zero-order valence-corrected chi connectivity index (χ0v) is 14.9. The number of amides is 1. The van der Waals surface area contributed by atoms with Gasteiger partial charge >= 0.3 is 0 Å². The monoisotopic (exact) mass is 340 g/mol. The zero-order chi connectivity index (χ0) is 17.5. The van der Waals surface area contributed by atoms with Crippen LogP contribution in [0.5, 0.6) is 0 Å². The summed E-state index contributed by atoms with van der Waals surface area (Å²) in [6.45, 7) is 7.34. The Bertz CT molecular complexity index is 654. The van der Waals surface area contributed by atoms with E-state index in [1.807, 2.05) is 36.5 Å². The molecule has 5 nitrogen and oxygen atoms in total. The van der Waals surface area contributed by atoms with Crippen LogP contribution in [-0.4, -0.2) is 45.2 Å². The second-order valence-corrected chi connectivity index (χ2v) is 6.78. The molecule has 1 amide bonds. The molecule has 1 aromatic carbocycles. The minimum Gasteiger partial charge on any atom is -0.351 e. The topological polar surface area (TPSA) is 50.9 Å². The average Bonchev–Trinajstić information content (AvgIpc) is 2.68. The highest BCUT2D eigenvalue weighted by Gasteiger charge is 2.27. The Morgan fingerprint density at radius 2 is 1.88 bits per heavy atom.